The second-order valence-electron chi connectivity index (χ2n) is 4.76. The van der Waals surface area contributed by atoms with Gasteiger partial charge in [-0.15, -0.1) is 0 Å². The van der Waals surface area contributed by atoms with Gasteiger partial charge in [0.2, 0.25) is 0 Å². The summed E-state index contributed by atoms with van der Waals surface area (Å²) in [5.74, 6) is 0. The van der Waals surface area contributed by atoms with E-state index in [1.807, 2.05) is 6.92 Å². The molecule has 0 aromatic rings. The highest BCUT2D eigenvalue weighted by Gasteiger charge is 2.32. The fourth-order valence-electron chi connectivity index (χ4n) is 2.21. The second kappa shape index (κ2) is 6.55. The van der Waals surface area contributed by atoms with Crippen LogP contribution in [0.25, 0.3) is 0 Å². The Labute approximate surface area is 99.7 Å². The van der Waals surface area contributed by atoms with Crippen molar-refractivity contribution in [2.24, 2.45) is 5.73 Å². The van der Waals surface area contributed by atoms with Crippen molar-refractivity contribution in [3.63, 3.8) is 0 Å². The summed E-state index contributed by atoms with van der Waals surface area (Å²) >= 11 is 0. The highest BCUT2D eigenvalue weighted by Crippen LogP contribution is 2.17. The topological polar surface area (TPSA) is 41.7 Å². The van der Waals surface area contributed by atoms with Gasteiger partial charge < -0.3 is 15.4 Å². The van der Waals surface area contributed by atoms with E-state index < -0.39 is 0 Å². The summed E-state index contributed by atoms with van der Waals surface area (Å²) < 4.78 is 5.56. The molecule has 0 radical (unpaired) electrons. The Balaban J connectivity index is 2.47. The Hall–Kier alpha value is -0.160. The third-order valence-electron chi connectivity index (χ3n) is 3.64. The molecule has 1 aliphatic rings. The minimum absolute atomic E-state index is 0.00976. The highest BCUT2D eigenvalue weighted by atomic mass is 16.5. The Bertz CT molecular complexity index is 193. The second-order valence-corrected chi connectivity index (χ2v) is 4.76. The van der Waals surface area contributed by atoms with Crippen molar-refractivity contribution >= 4 is 0 Å². The molecule has 0 spiro atoms. The summed E-state index contributed by atoms with van der Waals surface area (Å²) in [6, 6.07) is 0. The molecule has 1 heterocycles. The van der Waals surface area contributed by atoms with E-state index in [-0.39, 0.29) is 5.54 Å². The van der Waals surface area contributed by atoms with Crippen molar-refractivity contribution in [1.82, 2.24) is 9.80 Å². The van der Waals surface area contributed by atoms with E-state index in [2.05, 4.69) is 23.6 Å². The average Bonchev–Trinajstić information content (AvgIpc) is 2.36. The van der Waals surface area contributed by atoms with Crippen molar-refractivity contribution in [1.29, 1.82) is 0 Å². The minimum atomic E-state index is 0.00976. The first-order valence-corrected chi connectivity index (χ1v) is 6.41. The van der Waals surface area contributed by atoms with E-state index in [9.17, 15) is 0 Å². The van der Waals surface area contributed by atoms with E-state index in [1.165, 1.54) is 0 Å². The molecule has 0 aromatic carbocycles. The van der Waals surface area contributed by atoms with Gasteiger partial charge in [0.1, 0.15) is 0 Å². The van der Waals surface area contributed by atoms with Gasteiger partial charge in [0.25, 0.3) is 0 Å². The molecule has 16 heavy (non-hydrogen) atoms. The molecule has 1 rings (SSSR count). The predicted octanol–water partition coefficient (Wildman–Crippen LogP) is 0.378. The van der Waals surface area contributed by atoms with Crippen molar-refractivity contribution in [2.75, 3.05) is 52.5 Å². The standard InChI is InChI=1S/C12H27N3O/c1-4-14-6-8-15(9-7-14)12(3,10-13)11-16-5-2/h4-11,13H2,1-3H3. The third kappa shape index (κ3) is 3.42. The number of rotatable bonds is 6. The van der Waals surface area contributed by atoms with E-state index in [4.69, 9.17) is 10.5 Å². The van der Waals surface area contributed by atoms with Gasteiger partial charge in [-0.3, -0.25) is 4.90 Å². The average molecular weight is 229 g/mol. The summed E-state index contributed by atoms with van der Waals surface area (Å²) in [7, 11) is 0. The SMILES string of the molecule is CCOCC(C)(CN)N1CCN(CC)CC1. The van der Waals surface area contributed by atoms with Crippen LogP contribution in [0.3, 0.4) is 0 Å². The third-order valence-corrected chi connectivity index (χ3v) is 3.64. The Morgan fingerprint density at radius 1 is 1.19 bits per heavy atom. The van der Waals surface area contributed by atoms with E-state index in [0.29, 0.717) is 6.54 Å². The predicted molar refractivity (Wildman–Crippen MR) is 67.6 cm³/mol. The fraction of sp³-hybridized carbons (Fsp3) is 1.00. The van der Waals surface area contributed by atoms with Crippen LogP contribution in [0.2, 0.25) is 0 Å². The normalized spacial score (nSPS) is 23.2. The van der Waals surface area contributed by atoms with Gasteiger partial charge in [-0.2, -0.15) is 0 Å². The van der Waals surface area contributed by atoms with Crippen LogP contribution in [-0.4, -0.2) is 67.8 Å². The maximum atomic E-state index is 5.91. The smallest absolute Gasteiger partial charge is 0.0659 e. The molecule has 1 saturated heterocycles. The Morgan fingerprint density at radius 3 is 2.25 bits per heavy atom. The Kier molecular flexibility index (Phi) is 5.69. The lowest BCUT2D eigenvalue weighted by atomic mass is 10.00. The molecule has 0 bridgehead atoms. The zero-order valence-electron chi connectivity index (χ0n) is 11.0. The molecule has 96 valence electrons. The quantitative estimate of drug-likeness (QED) is 0.715. The highest BCUT2D eigenvalue weighted by molar-refractivity contribution is 4.90. The number of hydrogen-bond donors (Lipinski definition) is 1. The number of hydrogen-bond acceptors (Lipinski definition) is 4. The van der Waals surface area contributed by atoms with Gasteiger partial charge in [0.15, 0.2) is 0 Å². The minimum Gasteiger partial charge on any atom is -0.380 e. The molecule has 0 saturated carbocycles. The fourth-order valence-corrected chi connectivity index (χ4v) is 2.21. The molecule has 1 aliphatic heterocycles. The summed E-state index contributed by atoms with van der Waals surface area (Å²) in [6.45, 7) is 14.3. The van der Waals surface area contributed by atoms with Crippen molar-refractivity contribution in [3.8, 4) is 0 Å². The van der Waals surface area contributed by atoms with Crippen LogP contribution in [-0.2, 0) is 4.74 Å². The number of likely N-dealkylation sites (N-methyl/N-ethyl adjacent to an activating group) is 1. The maximum absolute atomic E-state index is 5.91. The van der Waals surface area contributed by atoms with Crippen molar-refractivity contribution in [2.45, 2.75) is 26.3 Å². The monoisotopic (exact) mass is 229 g/mol. The van der Waals surface area contributed by atoms with Crippen molar-refractivity contribution < 1.29 is 4.74 Å². The molecule has 4 nitrogen and oxygen atoms in total. The van der Waals surface area contributed by atoms with Crippen LogP contribution in [0.1, 0.15) is 20.8 Å². The van der Waals surface area contributed by atoms with Crippen molar-refractivity contribution in [3.05, 3.63) is 0 Å². The summed E-state index contributed by atoms with van der Waals surface area (Å²) in [6.07, 6.45) is 0. The molecule has 0 amide bonds. The molecular weight excluding hydrogens is 202 g/mol. The first kappa shape index (κ1) is 13.9. The van der Waals surface area contributed by atoms with Crippen LogP contribution >= 0.6 is 0 Å². The molecule has 0 aromatic heterocycles. The number of nitrogens with two attached hydrogens (primary N) is 1. The molecule has 4 heteroatoms. The lowest BCUT2D eigenvalue weighted by Crippen LogP contribution is -2.60. The summed E-state index contributed by atoms with van der Waals surface area (Å²) in [5, 5.41) is 0. The lowest BCUT2D eigenvalue weighted by Gasteiger charge is -2.45. The van der Waals surface area contributed by atoms with Crippen LogP contribution in [0.5, 0.6) is 0 Å². The van der Waals surface area contributed by atoms with Crippen LogP contribution in [0, 0.1) is 0 Å². The Morgan fingerprint density at radius 2 is 1.81 bits per heavy atom. The zero-order valence-corrected chi connectivity index (χ0v) is 11.0. The van der Waals surface area contributed by atoms with Gasteiger partial charge in [-0.05, 0) is 20.4 Å². The van der Waals surface area contributed by atoms with Crippen LogP contribution in [0.15, 0.2) is 0 Å². The first-order chi connectivity index (χ1) is 7.66. The van der Waals surface area contributed by atoms with Crippen LogP contribution < -0.4 is 5.73 Å². The maximum Gasteiger partial charge on any atom is 0.0659 e. The largest absolute Gasteiger partial charge is 0.380 e. The van der Waals surface area contributed by atoms with Gasteiger partial charge in [0.05, 0.1) is 12.1 Å². The number of piperazine rings is 1. The van der Waals surface area contributed by atoms with Gasteiger partial charge in [-0.1, -0.05) is 6.92 Å². The van der Waals surface area contributed by atoms with E-state index in [0.717, 1.165) is 45.9 Å². The molecule has 1 atom stereocenters. The van der Waals surface area contributed by atoms with Crippen LogP contribution in [0.4, 0.5) is 0 Å². The van der Waals surface area contributed by atoms with Gasteiger partial charge >= 0.3 is 0 Å². The lowest BCUT2D eigenvalue weighted by molar-refractivity contribution is -0.0137. The molecule has 2 N–H and O–H groups in total. The summed E-state index contributed by atoms with van der Waals surface area (Å²) in [5.41, 5.74) is 5.92. The van der Waals surface area contributed by atoms with E-state index in [1.54, 1.807) is 0 Å². The molecule has 1 fully saturated rings. The van der Waals surface area contributed by atoms with Gasteiger partial charge in [0, 0.05) is 39.3 Å². The van der Waals surface area contributed by atoms with Gasteiger partial charge in [-0.25, -0.2) is 0 Å². The molecule has 1 unspecified atom stereocenters. The summed E-state index contributed by atoms with van der Waals surface area (Å²) in [4.78, 5) is 4.96. The first-order valence-electron chi connectivity index (χ1n) is 6.41. The zero-order chi connectivity index (χ0) is 12.0. The van der Waals surface area contributed by atoms with E-state index >= 15 is 0 Å². The molecule has 0 aliphatic carbocycles. The number of ether oxygens (including phenoxy) is 1. The number of nitrogens with zero attached hydrogens (tertiary/aromatic N) is 2. The molecular formula is C12H27N3O.